The lowest BCUT2D eigenvalue weighted by Gasteiger charge is -2.43. The molecule has 5 atom stereocenters. The Morgan fingerprint density at radius 3 is 1.88 bits per heavy atom. The summed E-state index contributed by atoms with van der Waals surface area (Å²) in [5.74, 6) is -2.40. The van der Waals surface area contributed by atoms with Crippen molar-refractivity contribution >= 4 is 23.7 Å². The first-order valence-corrected chi connectivity index (χ1v) is 13.5. The first-order valence-electron chi connectivity index (χ1n) is 13.5. The molecular weight excluding hydrogens is 544 g/mol. The van der Waals surface area contributed by atoms with E-state index in [1.165, 1.54) is 6.92 Å². The maximum atomic E-state index is 13.2. The van der Waals surface area contributed by atoms with Crippen LogP contribution < -0.4 is 0 Å². The van der Waals surface area contributed by atoms with Gasteiger partial charge < -0.3 is 33.6 Å². The van der Waals surface area contributed by atoms with Gasteiger partial charge in [-0.3, -0.25) is 4.79 Å². The van der Waals surface area contributed by atoms with E-state index in [1.54, 1.807) is 60.7 Å². The molecule has 0 aliphatic carbocycles. The Kier molecular flexibility index (Phi) is 10.9. The molecule has 1 fully saturated rings. The lowest BCUT2D eigenvalue weighted by Crippen LogP contribution is -2.62. The molecule has 0 bridgehead atoms. The standard InChI is InChI=1S/C32H32O10/c1-21(33)17-18-26(34)41-28-27(42-31(36)24-15-9-4-10-16-24)25(20-39-30(35)23-13-7-3-8-14-23)40-32(37)29(28)38-19-22-11-5-2-6-12-22/h2-16,25,27-29,32,37H,17-20H2,1H3/t25?,27-,28?,29?,32+/m0/s1. The van der Waals surface area contributed by atoms with Crippen LogP contribution in [0.5, 0.6) is 0 Å². The van der Waals surface area contributed by atoms with E-state index in [0.717, 1.165) is 5.56 Å². The van der Waals surface area contributed by atoms with E-state index in [2.05, 4.69) is 0 Å². The van der Waals surface area contributed by atoms with E-state index in [9.17, 15) is 24.3 Å². The zero-order chi connectivity index (χ0) is 29.9. The molecule has 0 spiro atoms. The SMILES string of the molecule is CC(=O)CCC(=O)OC1C(OCc2ccccc2)[C@H](O)OC(COC(=O)c2ccccc2)[C@@H]1OC(=O)c1ccccc1. The maximum Gasteiger partial charge on any atom is 0.338 e. The Hall–Kier alpha value is -4.38. The number of hydrogen-bond acceptors (Lipinski definition) is 10. The van der Waals surface area contributed by atoms with Gasteiger partial charge in [-0.1, -0.05) is 66.7 Å². The fourth-order valence-electron chi connectivity index (χ4n) is 4.32. The van der Waals surface area contributed by atoms with Gasteiger partial charge in [-0.25, -0.2) is 9.59 Å². The summed E-state index contributed by atoms with van der Waals surface area (Å²) in [6.07, 6.45) is -7.19. The lowest BCUT2D eigenvalue weighted by atomic mass is 9.98. The average molecular weight is 577 g/mol. The second kappa shape index (κ2) is 15.0. The van der Waals surface area contributed by atoms with E-state index in [4.69, 9.17) is 23.7 Å². The van der Waals surface area contributed by atoms with E-state index < -0.39 is 55.2 Å². The predicted molar refractivity (Wildman–Crippen MR) is 148 cm³/mol. The Morgan fingerprint density at radius 1 is 0.714 bits per heavy atom. The minimum atomic E-state index is -1.65. The lowest BCUT2D eigenvalue weighted by molar-refractivity contribution is -0.300. The number of Topliss-reactive ketones (excluding diaryl/α,β-unsaturated/α-hetero) is 1. The number of ketones is 1. The number of ether oxygens (including phenoxy) is 5. The molecule has 10 nitrogen and oxygen atoms in total. The van der Waals surface area contributed by atoms with Gasteiger partial charge in [0.2, 0.25) is 0 Å². The quantitative estimate of drug-likeness (QED) is 0.251. The molecule has 10 heteroatoms. The monoisotopic (exact) mass is 576 g/mol. The third-order valence-electron chi connectivity index (χ3n) is 6.48. The summed E-state index contributed by atoms with van der Waals surface area (Å²) < 4.78 is 28.7. The molecule has 1 saturated heterocycles. The molecule has 4 rings (SSSR count). The Morgan fingerprint density at radius 2 is 1.29 bits per heavy atom. The van der Waals surface area contributed by atoms with Gasteiger partial charge in [-0.15, -0.1) is 0 Å². The summed E-state index contributed by atoms with van der Waals surface area (Å²) in [7, 11) is 0. The van der Waals surface area contributed by atoms with Crippen molar-refractivity contribution in [1.82, 2.24) is 0 Å². The Balaban J connectivity index is 1.61. The summed E-state index contributed by atoms with van der Waals surface area (Å²) in [6.45, 7) is 0.920. The molecule has 220 valence electrons. The largest absolute Gasteiger partial charge is 0.459 e. The highest BCUT2D eigenvalue weighted by Gasteiger charge is 2.51. The average Bonchev–Trinajstić information content (AvgIpc) is 3.01. The zero-order valence-electron chi connectivity index (χ0n) is 23.0. The molecule has 1 heterocycles. The van der Waals surface area contributed by atoms with Crippen molar-refractivity contribution in [3.63, 3.8) is 0 Å². The fraction of sp³-hybridized carbons (Fsp3) is 0.312. The molecule has 0 saturated carbocycles. The highest BCUT2D eigenvalue weighted by atomic mass is 16.7. The second-order valence-electron chi connectivity index (χ2n) is 9.68. The van der Waals surface area contributed by atoms with Gasteiger partial charge in [0.25, 0.3) is 0 Å². The van der Waals surface area contributed by atoms with Gasteiger partial charge in [0.05, 0.1) is 24.2 Å². The van der Waals surface area contributed by atoms with Crippen LogP contribution in [0.3, 0.4) is 0 Å². The van der Waals surface area contributed by atoms with Gasteiger partial charge in [0.15, 0.2) is 18.5 Å². The first kappa shape index (κ1) is 30.6. The number of carbonyl (C=O) groups is 4. The van der Waals surface area contributed by atoms with Crippen molar-refractivity contribution in [3.8, 4) is 0 Å². The van der Waals surface area contributed by atoms with Gasteiger partial charge >= 0.3 is 17.9 Å². The van der Waals surface area contributed by atoms with Crippen LogP contribution in [0.15, 0.2) is 91.0 Å². The van der Waals surface area contributed by atoms with Crippen LogP contribution in [-0.4, -0.2) is 66.1 Å². The Labute approximate surface area is 243 Å². The number of carbonyl (C=O) groups excluding carboxylic acids is 4. The van der Waals surface area contributed by atoms with Crippen LogP contribution in [0.25, 0.3) is 0 Å². The number of esters is 3. The zero-order valence-corrected chi connectivity index (χ0v) is 23.0. The Bertz CT molecular complexity index is 1330. The molecule has 0 amide bonds. The van der Waals surface area contributed by atoms with Crippen LogP contribution in [-0.2, 0) is 39.9 Å². The van der Waals surface area contributed by atoms with Gasteiger partial charge in [-0.2, -0.15) is 0 Å². The van der Waals surface area contributed by atoms with Crippen molar-refractivity contribution < 1.29 is 48.0 Å². The summed E-state index contributed by atoms with van der Waals surface area (Å²) in [5, 5.41) is 11.0. The van der Waals surface area contributed by atoms with Crippen LogP contribution in [0, 0.1) is 0 Å². The topological polar surface area (TPSA) is 135 Å². The summed E-state index contributed by atoms with van der Waals surface area (Å²) in [5.41, 5.74) is 1.26. The van der Waals surface area contributed by atoms with E-state index in [0.29, 0.717) is 0 Å². The van der Waals surface area contributed by atoms with Gasteiger partial charge in [-0.05, 0) is 36.8 Å². The molecule has 1 N–H and O–H groups in total. The van der Waals surface area contributed by atoms with Crippen molar-refractivity contribution in [1.29, 1.82) is 0 Å². The van der Waals surface area contributed by atoms with E-state index in [-0.39, 0.29) is 36.4 Å². The fourth-order valence-corrected chi connectivity index (χ4v) is 4.32. The van der Waals surface area contributed by atoms with E-state index >= 15 is 0 Å². The normalized spacial score (nSPS) is 21.6. The van der Waals surface area contributed by atoms with Crippen molar-refractivity contribution in [2.75, 3.05) is 6.61 Å². The molecule has 3 aromatic carbocycles. The van der Waals surface area contributed by atoms with Crippen molar-refractivity contribution in [2.24, 2.45) is 0 Å². The van der Waals surface area contributed by atoms with Crippen LogP contribution in [0.4, 0.5) is 0 Å². The second-order valence-corrected chi connectivity index (χ2v) is 9.68. The highest BCUT2D eigenvalue weighted by molar-refractivity contribution is 5.90. The highest BCUT2D eigenvalue weighted by Crippen LogP contribution is 2.30. The summed E-state index contributed by atoms with van der Waals surface area (Å²) in [4.78, 5) is 50.1. The van der Waals surface area contributed by atoms with Gasteiger partial charge in [0.1, 0.15) is 24.6 Å². The number of rotatable bonds is 12. The minimum Gasteiger partial charge on any atom is -0.459 e. The van der Waals surface area contributed by atoms with Crippen LogP contribution in [0.1, 0.15) is 46.0 Å². The molecule has 1 aliphatic heterocycles. The number of aliphatic hydroxyl groups excluding tert-OH is 1. The third-order valence-corrected chi connectivity index (χ3v) is 6.48. The van der Waals surface area contributed by atoms with Crippen molar-refractivity contribution in [3.05, 3.63) is 108 Å². The summed E-state index contributed by atoms with van der Waals surface area (Å²) >= 11 is 0. The molecule has 42 heavy (non-hydrogen) atoms. The third kappa shape index (κ3) is 8.56. The van der Waals surface area contributed by atoms with Gasteiger partial charge in [0, 0.05) is 6.42 Å². The maximum absolute atomic E-state index is 13.2. The molecule has 3 unspecified atom stereocenters. The smallest absolute Gasteiger partial charge is 0.338 e. The molecule has 0 radical (unpaired) electrons. The number of aliphatic hydroxyl groups is 1. The van der Waals surface area contributed by atoms with Crippen LogP contribution in [0.2, 0.25) is 0 Å². The predicted octanol–water partition coefficient (Wildman–Crippen LogP) is 3.65. The molecule has 3 aromatic rings. The van der Waals surface area contributed by atoms with E-state index in [1.807, 2.05) is 30.3 Å². The summed E-state index contributed by atoms with van der Waals surface area (Å²) in [6, 6.07) is 25.4. The number of benzene rings is 3. The molecular formula is C32H32O10. The molecule has 1 aliphatic rings. The minimum absolute atomic E-state index is 0.0143. The number of hydrogen-bond donors (Lipinski definition) is 1. The molecule has 0 aromatic heterocycles. The first-order chi connectivity index (χ1) is 20.3. The van der Waals surface area contributed by atoms with Crippen molar-refractivity contribution in [2.45, 2.75) is 57.1 Å². The van der Waals surface area contributed by atoms with Crippen LogP contribution >= 0.6 is 0 Å².